The van der Waals surface area contributed by atoms with E-state index in [1.165, 1.54) is 6.07 Å². The Labute approximate surface area is 203 Å². The minimum absolute atomic E-state index is 0.00530. The van der Waals surface area contributed by atoms with Crippen molar-refractivity contribution < 1.29 is 23.4 Å². The lowest BCUT2D eigenvalue weighted by atomic mass is 9.97. The Bertz CT molecular complexity index is 1330. The zero-order valence-electron chi connectivity index (χ0n) is 20.5. The number of rotatable bonds is 3. The number of ether oxygens (including phenoxy) is 1. The molecular weight excluding hydrogens is 452 g/mol. The Morgan fingerprint density at radius 3 is 2.66 bits per heavy atom. The molecule has 5 rings (SSSR count). The number of fused-ring (bicyclic) bond motifs is 9. The number of alkyl halides is 2. The summed E-state index contributed by atoms with van der Waals surface area (Å²) in [7, 11) is 1.71. The third-order valence-electron chi connectivity index (χ3n) is 6.16. The van der Waals surface area contributed by atoms with Crippen LogP contribution in [0.5, 0.6) is 5.75 Å². The van der Waals surface area contributed by atoms with Gasteiger partial charge in [-0.15, -0.1) is 0 Å². The van der Waals surface area contributed by atoms with Gasteiger partial charge in [0.1, 0.15) is 11.6 Å². The Kier molecular flexibility index (Phi) is 6.56. The first kappa shape index (κ1) is 24.7. The molecule has 0 saturated carbocycles. The van der Waals surface area contributed by atoms with Crippen molar-refractivity contribution in [1.29, 1.82) is 0 Å². The standard InChI is InChI=1S/C25H23F2N3O3.C2H6/c1-25(2,32)11-5-6-14-9-10-16-17(12-14)30-18-13-19(22(30)28-16)29(3)23(31)15-7-4-8-20(21(15)18)33-24(26)27;1-2/h4,7-10,12,18-19,24,32H,11,13H2,1-3H3;1-2H3/t18-,19?;/m1./s1. The third kappa shape index (κ3) is 4.48. The maximum Gasteiger partial charge on any atom is 0.387 e. The summed E-state index contributed by atoms with van der Waals surface area (Å²) in [5, 5.41) is 9.90. The first-order valence-electron chi connectivity index (χ1n) is 11.7. The average molecular weight is 482 g/mol. The normalized spacial score (nSPS) is 18.3. The molecule has 1 unspecified atom stereocenters. The van der Waals surface area contributed by atoms with E-state index in [2.05, 4.69) is 11.8 Å². The largest absolute Gasteiger partial charge is 0.434 e. The van der Waals surface area contributed by atoms with Crippen molar-refractivity contribution in [2.75, 3.05) is 7.05 Å². The van der Waals surface area contributed by atoms with E-state index < -0.39 is 12.2 Å². The topological polar surface area (TPSA) is 67.6 Å². The molecule has 1 aromatic heterocycles. The minimum atomic E-state index is -3.00. The smallest absolute Gasteiger partial charge is 0.387 e. The van der Waals surface area contributed by atoms with Crippen LogP contribution in [0, 0.1) is 11.8 Å². The highest BCUT2D eigenvalue weighted by Gasteiger charge is 2.45. The first-order chi connectivity index (χ1) is 16.6. The van der Waals surface area contributed by atoms with Crippen molar-refractivity contribution in [2.24, 2.45) is 0 Å². The van der Waals surface area contributed by atoms with Gasteiger partial charge in [0.15, 0.2) is 0 Å². The van der Waals surface area contributed by atoms with Gasteiger partial charge in [0.05, 0.1) is 28.7 Å². The van der Waals surface area contributed by atoms with Crippen LogP contribution in [0.3, 0.4) is 0 Å². The van der Waals surface area contributed by atoms with Gasteiger partial charge in [-0.2, -0.15) is 8.78 Å². The summed E-state index contributed by atoms with van der Waals surface area (Å²) in [6.07, 6.45) is 0.848. The zero-order chi connectivity index (χ0) is 25.5. The van der Waals surface area contributed by atoms with Crippen LogP contribution < -0.4 is 4.74 Å². The molecule has 1 amide bonds. The molecule has 2 bridgehead atoms. The van der Waals surface area contributed by atoms with Gasteiger partial charge in [0.2, 0.25) is 0 Å². The van der Waals surface area contributed by atoms with Crippen molar-refractivity contribution >= 4 is 16.9 Å². The van der Waals surface area contributed by atoms with Gasteiger partial charge in [0.25, 0.3) is 5.91 Å². The predicted molar refractivity (Wildman–Crippen MR) is 130 cm³/mol. The van der Waals surface area contributed by atoms with E-state index in [4.69, 9.17) is 9.72 Å². The molecule has 2 aromatic carbocycles. The molecule has 3 aromatic rings. The fraction of sp³-hybridized carbons (Fsp3) is 0.407. The highest BCUT2D eigenvalue weighted by Crippen LogP contribution is 2.49. The monoisotopic (exact) mass is 481 g/mol. The second-order valence-corrected chi connectivity index (χ2v) is 9.11. The summed E-state index contributed by atoms with van der Waals surface area (Å²) in [6, 6.07) is 9.66. The van der Waals surface area contributed by atoms with Crippen molar-refractivity contribution in [3.8, 4) is 17.6 Å². The molecule has 6 nitrogen and oxygen atoms in total. The summed E-state index contributed by atoms with van der Waals surface area (Å²) >= 11 is 0. The molecule has 2 atom stereocenters. The quantitative estimate of drug-likeness (QED) is 0.516. The van der Waals surface area contributed by atoms with Gasteiger partial charge in [-0.3, -0.25) is 4.79 Å². The molecule has 0 aliphatic carbocycles. The van der Waals surface area contributed by atoms with Crippen LogP contribution in [0.1, 0.15) is 79.9 Å². The fourth-order valence-corrected chi connectivity index (χ4v) is 4.72. The SMILES string of the molecule is CC.CN1C(=O)c2cccc(OC(F)F)c2[C@H]2CC1c1nc3ccc(C#CCC(C)(C)O)cc3n12. The van der Waals surface area contributed by atoms with Gasteiger partial charge in [-0.1, -0.05) is 31.8 Å². The van der Waals surface area contributed by atoms with E-state index in [9.17, 15) is 18.7 Å². The summed E-state index contributed by atoms with van der Waals surface area (Å²) in [5.74, 6) is 6.55. The number of hydrogen-bond acceptors (Lipinski definition) is 4. The maximum absolute atomic E-state index is 13.2. The molecule has 35 heavy (non-hydrogen) atoms. The van der Waals surface area contributed by atoms with Crippen molar-refractivity contribution in [2.45, 2.75) is 64.8 Å². The number of benzene rings is 2. The van der Waals surface area contributed by atoms with E-state index in [-0.39, 0.29) is 23.7 Å². The van der Waals surface area contributed by atoms with Crippen LogP contribution in [-0.4, -0.2) is 44.7 Å². The summed E-state index contributed by atoms with van der Waals surface area (Å²) in [4.78, 5) is 19.6. The Morgan fingerprint density at radius 1 is 1.23 bits per heavy atom. The van der Waals surface area contributed by atoms with Crippen molar-refractivity contribution in [3.05, 3.63) is 58.9 Å². The number of carbonyl (C=O) groups excluding carboxylic acids is 1. The highest BCUT2D eigenvalue weighted by atomic mass is 19.3. The third-order valence-corrected chi connectivity index (χ3v) is 6.16. The van der Waals surface area contributed by atoms with Gasteiger partial charge in [0, 0.05) is 36.6 Å². The number of nitrogens with zero attached hydrogens (tertiary/aromatic N) is 3. The fourth-order valence-electron chi connectivity index (χ4n) is 4.72. The maximum atomic E-state index is 13.2. The van der Waals surface area contributed by atoms with Crippen LogP contribution in [0.25, 0.3) is 11.0 Å². The van der Waals surface area contributed by atoms with Crippen LogP contribution >= 0.6 is 0 Å². The summed E-state index contributed by atoms with van der Waals surface area (Å²) in [5.41, 5.74) is 2.24. The molecule has 0 fully saturated rings. The van der Waals surface area contributed by atoms with Crippen LogP contribution in [0.4, 0.5) is 8.78 Å². The second-order valence-electron chi connectivity index (χ2n) is 9.11. The van der Waals surface area contributed by atoms with E-state index >= 15 is 0 Å². The summed E-state index contributed by atoms with van der Waals surface area (Å²) in [6.45, 7) is 4.40. The molecule has 184 valence electrons. The Balaban J connectivity index is 0.00000141. The molecule has 2 aliphatic heterocycles. The molecule has 3 heterocycles. The van der Waals surface area contributed by atoms with E-state index in [0.717, 1.165) is 16.6 Å². The zero-order valence-corrected chi connectivity index (χ0v) is 20.5. The highest BCUT2D eigenvalue weighted by molar-refractivity contribution is 5.97. The van der Waals surface area contributed by atoms with E-state index in [0.29, 0.717) is 29.8 Å². The lowest BCUT2D eigenvalue weighted by molar-refractivity contribution is -0.0507. The van der Waals surface area contributed by atoms with Gasteiger partial charge in [-0.05, 0) is 44.2 Å². The molecule has 0 saturated heterocycles. The number of aromatic nitrogens is 2. The van der Waals surface area contributed by atoms with E-state index in [1.807, 2.05) is 36.6 Å². The second kappa shape index (κ2) is 9.31. The molecular formula is C27H29F2N3O3. The number of halogens is 2. The van der Waals surface area contributed by atoms with Crippen LogP contribution in [0.2, 0.25) is 0 Å². The van der Waals surface area contributed by atoms with Gasteiger partial charge < -0.3 is 19.3 Å². The number of aliphatic hydroxyl groups is 1. The predicted octanol–water partition coefficient (Wildman–Crippen LogP) is 5.30. The van der Waals surface area contributed by atoms with Gasteiger partial charge >= 0.3 is 6.61 Å². The molecule has 2 aliphatic rings. The lowest BCUT2D eigenvalue weighted by Crippen LogP contribution is -2.30. The number of amides is 1. The van der Waals surface area contributed by atoms with Gasteiger partial charge in [-0.25, -0.2) is 4.98 Å². The minimum Gasteiger partial charge on any atom is -0.434 e. The lowest BCUT2D eigenvalue weighted by Gasteiger charge is -2.24. The Hall–Kier alpha value is -3.44. The first-order valence-corrected chi connectivity index (χ1v) is 11.7. The molecule has 0 spiro atoms. The Morgan fingerprint density at radius 2 is 1.97 bits per heavy atom. The molecule has 0 radical (unpaired) electrons. The van der Waals surface area contributed by atoms with Crippen molar-refractivity contribution in [1.82, 2.24) is 14.5 Å². The molecule has 8 heteroatoms. The number of carbonyl (C=O) groups is 1. The average Bonchev–Trinajstić information content (AvgIpc) is 3.32. The summed E-state index contributed by atoms with van der Waals surface area (Å²) < 4.78 is 33.2. The molecule has 1 N–H and O–H groups in total. The van der Waals surface area contributed by atoms with Crippen molar-refractivity contribution in [3.63, 3.8) is 0 Å². The van der Waals surface area contributed by atoms with E-state index in [1.54, 1.807) is 37.9 Å². The van der Waals surface area contributed by atoms with Crippen LogP contribution in [0.15, 0.2) is 36.4 Å². The number of imidazole rings is 1. The van der Waals surface area contributed by atoms with Crippen LogP contribution in [-0.2, 0) is 0 Å². The number of hydrogen-bond donors (Lipinski definition) is 1.